The maximum atomic E-state index is 7.44. The number of halogens is 1. The van der Waals surface area contributed by atoms with Gasteiger partial charge in [0.2, 0.25) is 0 Å². The number of azide groups is 1. The monoisotopic (exact) mass is 91.0 g/mol. The molecule has 0 saturated heterocycles. The Morgan fingerprint density at radius 3 is 2.60 bits per heavy atom. The lowest BCUT2D eigenvalue weighted by molar-refractivity contribution is 1.32. The molecule has 0 bridgehead atoms. The van der Waals surface area contributed by atoms with Crippen LogP contribution >= 0.6 is 11.6 Å². The molecule has 0 amide bonds. The molecule has 0 aliphatic heterocycles. The van der Waals surface area contributed by atoms with Crippen LogP contribution in [0, 0.1) is 0 Å². The third-order valence-corrected chi connectivity index (χ3v) is 0.224. The van der Waals surface area contributed by atoms with E-state index in [0.29, 0.717) is 0 Å². The van der Waals surface area contributed by atoms with Crippen LogP contribution < -0.4 is 0 Å². The zero-order valence-corrected chi connectivity index (χ0v) is 3.18. The van der Waals surface area contributed by atoms with Crippen LogP contribution in [0.4, 0.5) is 0 Å². The maximum absolute atomic E-state index is 7.44. The van der Waals surface area contributed by atoms with Gasteiger partial charge < -0.3 is 0 Å². The van der Waals surface area contributed by atoms with Crippen molar-refractivity contribution in [3.63, 3.8) is 0 Å². The first kappa shape index (κ1) is 4.60. The Kier molecular flexibility index (Phi) is 3.31. The number of hydrogen-bond donors (Lipinski definition) is 0. The van der Waals surface area contributed by atoms with E-state index < -0.39 is 0 Å². The fourth-order valence-electron chi connectivity index (χ4n) is 0.0239. The molecule has 0 aromatic heterocycles. The number of alkyl halides is 1. The lowest BCUT2D eigenvalue weighted by atomic mass is 11.5. The van der Waals surface area contributed by atoms with Crippen LogP contribution in [-0.4, -0.2) is 6.00 Å². The van der Waals surface area contributed by atoms with Crippen LogP contribution in [0.5, 0.6) is 0 Å². The summed E-state index contributed by atoms with van der Waals surface area (Å²) in [7, 11) is 0. The van der Waals surface area contributed by atoms with Crippen molar-refractivity contribution in [2.75, 3.05) is 6.00 Å². The minimum atomic E-state index is 0.0243. The van der Waals surface area contributed by atoms with E-state index in [2.05, 4.69) is 10.0 Å². The highest BCUT2D eigenvalue weighted by Gasteiger charge is 1.54. The van der Waals surface area contributed by atoms with Crippen LogP contribution in [0.1, 0.15) is 0 Å². The molecule has 0 heterocycles. The molecule has 3 nitrogen and oxygen atoms in total. The molecule has 0 spiro atoms. The third kappa shape index (κ3) is 3.60. The van der Waals surface area contributed by atoms with E-state index in [-0.39, 0.29) is 6.00 Å². The van der Waals surface area contributed by atoms with Crippen molar-refractivity contribution in [1.82, 2.24) is 0 Å². The van der Waals surface area contributed by atoms with Gasteiger partial charge in [-0.25, -0.2) is 0 Å². The van der Waals surface area contributed by atoms with E-state index >= 15 is 0 Å². The lowest BCUT2D eigenvalue weighted by Crippen LogP contribution is -1.45. The van der Waals surface area contributed by atoms with Crippen molar-refractivity contribution in [3.8, 4) is 0 Å². The molecule has 0 saturated carbocycles. The first-order valence-corrected chi connectivity index (χ1v) is 1.52. The van der Waals surface area contributed by atoms with Crippen molar-refractivity contribution in [3.05, 3.63) is 10.4 Å². The fourth-order valence-corrected chi connectivity index (χ4v) is 0.0717. The molecule has 0 N–H and O–H groups in total. The predicted octanol–water partition coefficient (Wildman–Crippen LogP) is 1.49. The molecule has 0 aliphatic rings. The van der Waals surface area contributed by atoms with Gasteiger partial charge in [-0.1, -0.05) is 5.11 Å². The predicted molar refractivity (Wildman–Crippen MR) is 19.9 cm³/mol. The van der Waals surface area contributed by atoms with E-state index in [4.69, 9.17) is 17.1 Å². The van der Waals surface area contributed by atoms with Crippen LogP contribution in [-0.2, 0) is 0 Å². The summed E-state index contributed by atoms with van der Waals surface area (Å²) in [4.78, 5) is 2.35. The number of rotatable bonds is 1. The summed E-state index contributed by atoms with van der Waals surface area (Å²) in [5, 5.41) is 2.92. The molecular formula is CH2ClN3. The van der Waals surface area contributed by atoms with E-state index in [9.17, 15) is 0 Å². The zero-order valence-electron chi connectivity index (χ0n) is 2.43. The van der Waals surface area contributed by atoms with Gasteiger partial charge in [-0.05, 0) is 5.53 Å². The van der Waals surface area contributed by atoms with Gasteiger partial charge in [-0.15, -0.1) is 11.6 Å². The average Bonchev–Trinajstić information content (AvgIpc) is 1.41. The molecule has 0 radical (unpaired) electrons. The molecule has 0 unspecified atom stereocenters. The topological polar surface area (TPSA) is 48.8 Å². The summed E-state index contributed by atoms with van der Waals surface area (Å²) in [5.41, 5.74) is 7.44. The average molecular weight is 91.5 g/mol. The van der Waals surface area contributed by atoms with Gasteiger partial charge in [0.25, 0.3) is 0 Å². The summed E-state index contributed by atoms with van der Waals surface area (Å²) in [6.07, 6.45) is 0. The van der Waals surface area contributed by atoms with Gasteiger partial charge in [-0.2, -0.15) is 0 Å². The van der Waals surface area contributed by atoms with Gasteiger partial charge in [-0.3, -0.25) is 0 Å². The molecular weight excluding hydrogens is 89.5 g/mol. The zero-order chi connectivity index (χ0) is 4.12. The Balaban J connectivity index is 2.93. The highest BCUT2D eigenvalue weighted by molar-refractivity contribution is 6.17. The molecule has 0 aromatic carbocycles. The summed E-state index contributed by atoms with van der Waals surface area (Å²) in [6, 6.07) is 0.0243. The summed E-state index contributed by atoms with van der Waals surface area (Å²) in [5.74, 6) is 0. The highest BCUT2D eigenvalue weighted by atomic mass is 35.5. The van der Waals surface area contributed by atoms with Gasteiger partial charge in [0.05, 0.1) is 0 Å². The molecule has 0 fully saturated rings. The quantitative estimate of drug-likeness (QED) is 0.154. The van der Waals surface area contributed by atoms with E-state index in [1.807, 2.05) is 0 Å². The van der Waals surface area contributed by atoms with Gasteiger partial charge >= 0.3 is 0 Å². The van der Waals surface area contributed by atoms with Crippen molar-refractivity contribution in [2.24, 2.45) is 5.11 Å². The Hall–Kier alpha value is -0.400. The largest absolute Gasteiger partial charge is 0.121 e. The van der Waals surface area contributed by atoms with Crippen molar-refractivity contribution in [2.45, 2.75) is 0 Å². The second-order valence-corrected chi connectivity index (χ2v) is 0.589. The summed E-state index contributed by atoms with van der Waals surface area (Å²) < 4.78 is 0. The van der Waals surface area contributed by atoms with E-state index in [0.717, 1.165) is 0 Å². The number of hydrogen-bond acceptors (Lipinski definition) is 1. The first-order valence-electron chi connectivity index (χ1n) is 0.983. The first-order chi connectivity index (χ1) is 2.41. The van der Waals surface area contributed by atoms with Crippen LogP contribution in [0.25, 0.3) is 10.4 Å². The second-order valence-electron chi connectivity index (χ2n) is 0.350. The SMILES string of the molecule is [N-]=[N+]=NCCl. The molecule has 28 valence electrons. The van der Waals surface area contributed by atoms with E-state index in [1.165, 1.54) is 0 Å². The fraction of sp³-hybridized carbons (Fsp3) is 1.00. The Morgan fingerprint density at radius 1 is 2.00 bits per heavy atom. The van der Waals surface area contributed by atoms with Crippen LogP contribution in [0.15, 0.2) is 5.11 Å². The molecule has 0 rings (SSSR count). The molecule has 5 heavy (non-hydrogen) atoms. The summed E-state index contributed by atoms with van der Waals surface area (Å²) >= 11 is 4.88. The Morgan fingerprint density at radius 2 is 2.60 bits per heavy atom. The summed E-state index contributed by atoms with van der Waals surface area (Å²) in [6.45, 7) is 0. The Labute approximate surface area is 34.2 Å². The molecule has 0 aromatic rings. The van der Waals surface area contributed by atoms with Crippen molar-refractivity contribution >= 4 is 11.6 Å². The maximum Gasteiger partial charge on any atom is 0.101 e. The lowest BCUT2D eigenvalue weighted by Gasteiger charge is -1.54. The highest BCUT2D eigenvalue weighted by Crippen LogP contribution is 1.72. The molecule has 0 aliphatic carbocycles. The van der Waals surface area contributed by atoms with Crippen LogP contribution in [0.2, 0.25) is 0 Å². The second kappa shape index (κ2) is 3.60. The normalized spacial score (nSPS) is 5.80. The van der Waals surface area contributed by atoms with Gasteiger partial charge in [0, 0.05) is 4.91 Å². The van der Waals surface area contributed by atoms with Crippen molar-refractivity contribution in [1.29, 1.82) is 0 Å². The van der Waals surface area contributed by atoms with Gasteiger partial charge in [0.1, 0.15) is 6.00 Å². The van der Waals surface area contributed by atoms with Crippen molar-refractivity contribution < 1.29 is 0 Å². The smallest absolute Gasteiger partial charge is 0.101 e. The minimum Gasteiger partial charge on any atom is -0.121 e. The van der Waals surface area contributed by atoms with Crippen LogP contribution in [0.3, 0.4) is 0 Å². The Bertz CT molecular complexity index is 53.9. The standard InChI is InChI=1S/CH2ClN3/c2-1-4-5-3/h1H2. The minimum absolute atomic E-state index is 0.0243. The molecule has 0 atom stereocenters. The third-order valence-electron chi connectivity index (χ3n) is 0.117. The van der Waals surface area contributed by atoms with Gasteiger partial charge in [0.15, 0.2) is 0 Å². The number of nitrogens with zero attached hydrogens (tertiary/aromatic N) is 3. The van der Waals surface area contributed by atoms with E-state index in [1.54, 1.807) is 0 Å². The molecule has 4 heteroatoms.